The van der Waals surface area contributed by atoms with E-state index in [1.165, 1.54) is 0 Å². The second-order valence-corrected chi connectivity index (χ2v) is 5.31. The second kappa shape index (κ2) is 4.86. The van der Waals surface area contributed by atoms with Crippen LogP contribution < -0.4 is 4.28 Å². The van der Waals surface area contributed by atoms with E-state index in [-0.39, 0.29) is 4.73 Å². The highest BCUT2D eigenvalue weighted by molar-refractivity contribution is 7.87. The summed E-state index contributed by atoms with van der Waals surface area (Å²) >= 11 is 0. The van der Waals surface area contributed by atoms with E-state index in [1.54, 1.807) is 0 Å². The van der Waals surface area contributed by atoms with Crippen molar-refractivity contribution in [2.24, 2.45) is 0 Å². The zero-order valence-electron chi connectivity index (χ0n) is 10.1. The van der Waals surface area contributed by atoms with Crippen LogP contribution in [0, 0.1) is 10.1 Å². The summed E-state index contributed by atoms with van der Waals surface area (Å²) in [5, 5.41) is 38.5. The molecule has 0 aliphatic heterocycles. The Kier molecular flexibility index (Phi) is 3.35. The van der Waals surface area contributed by atoms with Crippen molar-refractivity contribution in [2.75, 3.05) is 0 Å². The number of phenolic OH excluding ortho intramolecular Hbond substituents is 1. The molecule has 11 heteroatoms. The minimum Gasteiger partial charge on any atom is -0.502 e. The summed E-state index contributed by atoms with van der Waals surface area (Å²) in [6.45, 7) is 0. The van der Waals surface area contributed by atoms with Gasteiger partial charge < -0.3 is 15.3 Å². The van der Waals surface area contributed by atoms with E-state index < -0.39 is 43.1 Å². The normalized spacial score (nSPS) is 11.2. The molecule has 0 aliphatic rings. The SMILES string of the molecule is O=[N+]([O-])c1cc(S(=O)(=O)On2c(O)ccc2O)ccc1O. The molecule has 112 valence electrons. The van der Waals surface area contributed by atoms with Crippen molar-refractivity contribution in [3.05, 3.63) is 40.4 Å². The van der Waals surface area contributed by atoms with Gasteiger partial charge in [-0.2, -0.15) is 8.42 Å². The maximum absolute atomic E-state index is 11.9. The second-order valence-electron chi connectivity index (χ2n) is 3.78. The van der Waals surface area contributed by atoms with Crippen LogP contribution in [-0.4, -0.2) is 33.4 Å². The van der Waals surface area contributed by atoms with Crippen molar-refractivity contribution >= 4 is 15.8 Å². The van der Waals surface area contributed by atoms with Crippen LogP contribution in [0.25, 0.3) is 0 Å². The Balaban J connectivity index is 2.45. The molecule has 0 unspecified atom stereocenters. The number of nitro benzene ring substituents is 1. The van der Waals surface area contributed by atoms with Gasteiger partial charge in [-0.3, -0.25) is 14.4 Å². The number of rotatable bonds is 4. The maximum atomic E-state index is 11.9. The number of nitro groups is 1. The van der Waals surface area contributed by atoms with Gasteiger partial charge in [0.25, 0.3) is 0 Å². The Morgan fingerprint density at radius 3 is 2.19 bits per heavy atom. The summed E-state index contributed by atoms with van der Waals surface area (Å²) in [5.74, 6) is -2.10. The predicted molar refractivity (Wildman–Crippen MR) is 66.3 cm³/mol. The Morgan fingerprint density at radius 1 is 1.10 bits per heavy atom. The first-order chi connectivity index (χ1) is 9.72. The zero-order valence-corrected chi connectivity index (χ0v) is 10.9. The van der Waals surface area contributed by atoms with Gasteiger partial charge in [-0.1, -0.05) is 4.73 Å². The average Bonchev–Trinajstić information content (AvgIpc) is 2.70. The number of hydrogen-bond acceptors (Lipinski definition) is 8. The standard InChI is InChI=1S/C10H8N2O8S/c13-8-2-1-6(5-7(8)12(16)17)21(18,19)20-11-9(14)3-4-10(11)15/h1-5,13-15H. The Bertz CT molecular complexity index is 791. The van der Waals surface area contributed by atoms with Gasteiger partial charge in [-0.05, 0) is 12.1 Å². The molecule has 2 aromatic rings. The van der Waals surface area contributed by atoms with Crippen LogP contribution in [0.2, 0.25) is 0 Å². The van der Waals surface area contributed by atoms with Gasteiger partial charge in [0.2, 0.25) is 11.8 Å². The van der Waals surface area contributed by atoms with Gasteiger partial charge in [-0.25, -0.2) is 0 Å². The molecule has 2 rings (SSSR count). The first-order valence-electron chi connectivity index (χ1n) is 5.24. The summed E-state index contributed by atoms with van der Waals surface area (Å²) in [6, 6.07) is 4.22. The number of aromatic hydroxyl groups is 3. The number of benzene rings is 1. The zero-order chi connectivity index (χ0) is 15.8. The van der Waals surface area contributed by atoms with E-state index in [4.69, 9.17) is 0 Å². The molecule has 0 bridgehead atoms. The third-order valence-corrected chi connectivity index (χ3v) is 3.58. The van der Waals surface area contributed by atoms with Crippen molar-refractivity contribution in [1.29, 1.82) is 0 Å². The minimum absolute atomic E-state index is 0.216. The lowest BCUT2D eigenvalue weighted by atomic mass is 10.3. The lowest BCUT2D eigenvalue weighted by Gasteiger charge is -2.08. The Labute approximate surface area is 117 Å². The fraction of sp³-hybridized carbons (Fsp3) is 0. The molecule has 0 radical (unpaired) electrons. The molecule has 21 heavy (non-hydrogen) atoms. The van der Waals surface area contributed by atoms with E-state index in [9.17, 15) is 33.9 Å². The number of hydrogen-bond donors (Lipinski definition) is 3. The monoisotopic (exact) mass is 316 g/mol. The fourth-order valence-corrected chi connectivity index (χ4v) is 2.35. The van der Waals surface area contributed by atoms with E-state index in [2.05, 4.69) is 4.28 Å². The highest BCUT2D eigenvalue weighted by Gasteiger charge is 2.25. The van der Waals surface area contributed by atoms with Crippen LogP contribution in [0.15, 0.2) is 35.2 Å². The largest absolute Gasteiger partial charge is 0.502 e. The number of aromatic nitrogens is 1. The third-order valence-electron chi connectivity index (χ3n) is 2.40. The molecule has 0 saturated carbocycles. The smallest absolute Gasteiger partial charge is 0.357 e. The molecule has 0 spiro atoms. The van der Waals surface area contributed by atoms with Crippen LogP contribution in [0.3, 0.4) is 0 Å². The molecule has 10 nitrogen and oxygen atoms in total. The quantitative estimate of drug-likeness (QED) is 0.539. The molecule has 0 aliphatic carbocycles. The van der Waals surface area contributed by atoms with Crippen molar-refractivity contribution in [2.45, 2.75) is 4.90 Å². The molecule has 3 N–H and O–H groups in total. The molecular formula is C10H8N2O8S. The molecule has 0 amide bonds. The molecule has 1 aromatic heterocycles. The van der Waals surface area contributed by atoms with Crippen molar-refractivity contribution < 1.29 is 32.9 Å². The Hall–Kier alpha value is -2.95. The van der Waals surface area contributed by atoms with Crippen LogP contribution in [-0.2, 0) is 10.1 Å². The first-order valence-corrected chi connectivity index (χ1v) is 6.65. The average molecular weight is 316 g/mol. The van der Waals surface area contributed by atoms with Crippen molar-refractivity contribution in [3.63, 3.8) is 0 Å². The van der Waals surface area contributed by atoms with E-state index in [0.29, 0.717) is 6.07 Å². The van der Waals surface area contributed by atoms with E-state index in [0.717, 1.165) is 24.3 Å². The van der Waals surface area contributed by atoms with Crippen LogP contribution in [0.5, 0.6) is 17.5 Å². The summed E-state index contributed by atoms with van der Waals surface area (Å²) in [5.41, 5.74) is -0.833. The molecule has 0 saturated heterocycles. The van der Waals surface area contributed by atoms with Crippen LogP contribution in [0.1, 0.15) is 0 Å². The molecule has 0 fully saturated rings. The van der Waals surface area contributed by atoms with Crippen LogP contribution in [0.4, 0.5) is 5.69 Å². The van der Waals surface area contributed by atoms with Gasteiger partial charge in [-0.15, -0.1) is 0 Å². The molecule has 1 heterocycles. The van der Waals surface area contributed by atoms with Crippen LogP contribution >= 0.6 is 0 Å². The summed E-state index contributed by atoms with van der Waals surface area (Å²) < 4.78 is 28.5. The van der Waals surface area contributed by atoms with Gasteiger partial charge in [0.15, 0.2) is 5.75 Å². The number of nitrogens with zero attached hydrogens (tertiary/aromatic N) is 2. The fourth-order valence-electron chi connectivity index (χ4n) is 1.42. The maximum Gasteiger partial charge on any atom is 0.357 e. The number of phenols is 1. The molecular weight excluding hydrogens is 308 g/mol. The molecule has 0 atom stereocenters. The summed E-state index contributed by atoms with van der Waals surface area (Å²) in [6.07, 6.45) is 0. The third kappa shape index (κ3) is 2.67. The van der Waals surface area contributed by atoms with Gasteiger partial charge >= 0.3 is 15.8 Å². The highest BCUT2D eigenvalue weighted by Crippen LogP contribution is 2.29. The first kappa shape index (κ1) is 14.5. The summed E-state index contributed by atoms with van der Waals surface area (Å²) in [7, 11) is -4.57. The predicted octanol–water partition coefficient (Wildman–Crippen LogP) is 0.331. The highest BCUT2D eigenvalue weighted by atomic mass is 32.2. The van der Waals surface area contributed by atoms with Gasteiger partial charge in [0.05, 0.1) is 4.92 Å². The topological polar surface area (TPSA) is 152 Å². The molecule has 1 aromatic carbocycles. The lowest BCUT2D eigenvalue weighted by Crippen LogP contribution is -2.19. The minimum atomic E-state index is -4.57. The van der Waals surface area contributed by atoms with Gasteiger partial charge in [0, 0.05) is 18.2 Å². The van der Waals surface area contributed by atoms with Crippen molar-refractivity contribution in [1.82, 2.24) is 4.73 Å². The van der Waals surface area contributed by atoms with Crippen molar-refractivity contribution in [3.8, 4) is 17.5 Å². The lowest BCUT2D eigenvalue weighted by molar-refractivity contribution is -0.386. The Morgan fingerprint density at radius 2 is 1.67 bits per heavy atom. The van der Waals surface area contributed by atoms with Gasteiger partial charge in [0.1, 0.15) is 4.90 Å². The van der Waals surface area contributed by atoms with E-state index >= 15 is 0 Å². The summed E-state index contributed by atoms with van der Waals surface area (Å²) in [4.78, 5) is 9.04. The van der Waals surface area contributed by atoms with E-state index in [1.807, 2.05) is 0 Å².